The second-order valence-corrected chi connectivity index (χ2v) is 8.50. The van der Waals surface area contributed by atoms with Gasteiger partial charge in [0.05, 0.1) is 4.90 Å². The van der Waals surface area contributed by atoms with Gasteiger partial charge in [0.1, 0.15) is 5.82 Å². The van der Waals surface area contributed by atoms with Crippen LogP contribution in [0.15, 0.2) is 53.4 Å². The van der Waals surface area contributed by atoms with Crippen molar-refractivity contribution >= 4 is 27.3 Å². The van der Waals surface area contributed by atoms with Crippen molar-refractivity contribution < 1.29 is 17.6 Å². The van der Waals surface area contributed by atoms with Crippen LogP contribution in [0.3, 0.4) is 0 Å². The minimum Gasteiger partial charge on any atom is -0.381 e. The summed E-state index contributed by atoms with van der Waals surface area (Å²) in [6.45, 7) is 2.15. The Morgan fingerprint density at radius 3 is 2.56 bits per heavy atom. The van der Waals surface area contributed by atoms with Crippen LogP contribution in [0.25, 0.3) is 0 Å². The lowest BCUT2D eigenvalue weighted by atomic mass is 10.1. The summed E-state index contributed by atoms with van der Waals surface area (Å²) >= 11 is 0. The van der Waals surface area contributed by atoms with Gasteiger partial charge in [-0.15, -0.1) is 0 Å². The summed E-state index contributed by atoms with van der Waals surface area (Å²) in [5.74, 6) is -0.549. The van der Waals surface area contributed by atoms with E-state index in [9.17, 15) is 17.6 Å². The fraction of sp³-hybridized carbons (Fsp3) is 0.316. The van der Waals surface area contributed by atoms with Gasteiger partial charge < -0.3 is 10.6 Å². The van der Waals surface area contributed by atoms with E-state index in [1.807, 2.05) is 0 Å². The van der Waals surface area contributed by atoms with Crippen LogP contribution >= 0.6 is 0 Å². The lowest BCUT2D eigenvalue weighted by molar-refractivity contribution is -0.114. The Morgan fingerprint density at radius 2 is 1.89 bits per heavy atom. The highest BCUT2D eigenvalue weighted by Gasteiger charge is 2.30. The fourth-order valence-corrected chi connectivity index (χ4v) is 4.68. The van der Waals surface area contributed by atoms with Crippen LogP contribution < -0.4 is 10.6 Å². The third-order valence-electron chi connectivity index (χ3n) is 4.39. The number of anilines is 2. The van der Waals surface area contributed by atoms with Gasteiger partial charge in [-0.05, 0) is 55.3 Å². The quantitative estimate of drug-likeness (QED) is 0.821. The molecule has 144 valence electrons. The summed E-state index contributed by atoms with van der Waals surface area (Å²) in [4.78, 5) is 11.3. The van der Waals surface area contributed by atoms with E-state index >= 15 is 0 Å². The van der Waals surface area contributed by atoms with Crippen LogP contribution in [0.1, 0.15) is 19.8 Å². The number of piperidine rings is 1. The largest absolute Gasteiger partial charge is 0.381 e. The van der Waals surface area contributed by atoms with Crippen molar-refractivity contribution in [2.75, 3.05) is 23.7 Å². The molecule has 1 fully saturated rings. The molecule has 0 unspecified atom stereocenters. The van der Waals surface area contributed by atoms with E-state index in [0.29, 0.717) is 24.5 Å². The lowest BCUT2D eigenvalue weighted by Gasteiger charge is -2.33. The maximum absolute atomic E-state index is 13.3. The molecule has 3 rings (SSSR count). The lowest BCUT2D eigenvalue weighted by Crippen LogP contribution is -2.45. The molecule has 2 aromatic carbocycles. The maximum atomic E-state index is 13.3. The highest BCUT2D eigenvalue weighted by Crippen LogP contribution is 2.24. The number of amides is 1. The van der Waals surface area contributed by atoms with Gasteiger partial charge in [0.25, 0.3) is 0 Å². The fourth-order valence-electron chi connectivity index (χ4n) is 3.16. The van der Waals surface area contributed by atoms with Gasteiger partial charge >= 0.3 is 0 Å². The number of nitrogens with zero attached hydrogens (tertiary/aromatic N) is 1. The number of benzene rings is 2. The van der Waals surface area contributed by atoms with Gasteiger partial charge in [-0.3, -0.25) is 4.79 Å². The average Bonchev–Trinajstić information content (AvgIpc) is 2.62. The summed E-state index contributed by atoms with van der Waals surface area (Å²) in [5, 5.41) is 5.83. The molecular weight excluding hydrogens is 369 g/mol. The number of carbonyl (C=O) groups excluding carboxylic acids is 1. The first-order chi connectivity index (χ1) is 12.8. The Labute approximate surface area is 158 Å². The molecule has 1 atom stereocenters. The van der Waals surface area contributed by atoms with Crippen molar-refractivity contribution in [3.05, 3.63) is 54.3 Å². The number of carbonyl (C=O) groups is 1. The topological polar surface area (TPSA) is 78.5 Å². The van der Waals surface area contributed by atoms with Crippen LogP contribution in [-0.4, -0.2) is 37.8 Å². The Kier molecular flexibility index (Phi) is 5.76. The molecule has 6 nitrogen and oxygen atoms in total. The third-order valence-corrected chi connectivity index (χ3v) is 6.27. The Morgan fingerprint density at radius 1 is 1.15 bits per heavy atom. The summed E-state index contributed by atoms with van der Waals surface area (Å²) in [7, 11) is -3.63. The first kappa shape index (κ1) is 19.3. The standard InChI is InChI=1S/C19H22FN3O3S/c1-14(24)21-16-7-9-19(10-8-16)27(25,26)23-11-3-6-18(13-23)22-17-5-2-4-15(20)12-17/h2,4-5,7-10,12,18,22H,3,6,11,13H2,1H3,(H,21,24)/t18-/m0/s1. The molecule has 1 amide bonds. The normalized spacial score (nSPS) is 18.1. The Hall–Kier alpha value is -2.45. The Balaban J connectivity index is 1.71. The zero-order valence-corrected chi connectivity index (χ0v) is 15.8. The minimum atomic E-state index is -3.63. The maximum Gasteiger partial charge on any atom is 0.243 e. The Bertz CT molecular complexity index is 916. The molecule has 0 saturated carbocycles. The SMILES string of the molecule is CC(=O)Nc1ccc(S(=O)(=O)N2CCC[C@H](Nc3cccc(F)c3)C2)cc1. The van der Waals surface area contributed by atoms with Gasteiger partial charge in [-0.2, -0.15) is 4.31 Å². The highest BCUT2D eigenvalue weighted by atomic mass is 32.2. The zero-order chi connectivity index (χ0) is 19.4. The second-order valence-electron chi connectivity index (χ2n) is 6.56. The first-order valence-electron chi connectivity index (χ1n) is 8.74. The van der Waals surface area contributed by atoms with E-state index in [2.05, 4.69) is 10.6 Å². The van der Waals surface area contributed by atoms with Gasteiger partial charge in [0, 0.05) is 37.4 Å². The van der Waals surface area contributed by atoms with Crippen LogP contribution in [0.4, 0.5) is 15.8 Å². The minimum absolute atomic E-state index is 0.0889. The van der Waals surface area contributed by atoms with Gasteiger partial charge in [0.15, 0.2) is 0 Å². The number of hydrogen-bond acceptors (Lipinski definition) is 4. The molecule has 8 heteroatoms. The van der Waals surface area contributed by atoms with E-state index in [4.69, 9.17) is 0 Å². The molecule has 0 spiro atoms. The molecule has 1 aliphatic rings. The van der Waals surface area contributed by atoms with Gasteiger partial charge in [-0.1, -0.05) is 6.07 Å². The number of halogens is 1. The van der Waals surface area contributed by atoms with Crippen LogP contribution in [0, 0.1) is 5.82 Å². The van der Waals surface area contributed by atoms with Crippen molar-refractivity contribution in [2.24, 2.45) is 0 Å². The molecule has 1 heterocycles. The van der Waals surface area contributed by atoms with Crippen LogP contribution in [0.5, 0.6) is 0 Å². The summed E-state index contributed by atoms with van der Waals surface area (Å²) in [6.07, 6.45) is 1.53. The van der Waals surface area contributed by atoms with Crippen molar-refractivity contribution in [3.8, 4) is 0 Å². The molecule has 0 radical (unpaired) electrons. The predicted octanol–water partition coefficient (Wildman–Crippen LogP) is 3.05. The van der Waals surface area contributed by atoms with Crippen molar-refractivity contribution in [1.82, 2.24) is 4.31 Å². The molecule has 0 aliphatic carbocycles. The molecule has 2 N–H and O–H groups in total. The molecule has 0 bridgehead atoms. The highest BCUT2D eigenvalue weighted by molar-refractivity contribution is 7.89. The van der Waals surface area contributed by atoms with Gasteiger partial charge in [0.2, 0.25) is 15.9 Å². The molecule has 1 aliphatic heterocycles. The van der Waals surface area contributed by atoms with E-state index in [0.717, 1.165) is 12.8 Å². The van der Waals surface area contributed by atoms with Crippen LogP contribution in [0.2, 0.25) is 0 Å². The molecule has 0 aromatic heterocycles. The molecule has 2 aromatic rings. The summed E-state index contributed by atoms with van der Waals surface area (Å²) < 4.78 is 40.6. The average molecular weight is 391 g/mol. The zero-order valence-electron chi connectivity index (χ0n) is 15.0. The number of nitrogens with one attached hydrogen (secondary N) is 2. The first-order valence-corrected chi connectivity index (χ1v) is 10.2. The molecular formula is C19H22FN3O3S. The third kappa shape index (κ3) is 4.84. The molecule has 27 heavy (non-hydrogen) atoms. The van der Waals surface area contributed by atoms with Crippen molar-refractivity contribution in [1.29, 1.82) is 0 Å². The summed E-state index contributed by atoms with van der Waals surface area (Å²) in [6, 6.07) is 12.2. The van der Waals surface area contributed by atoms with Crippen LogP contribution in [-0.2, 0) is 14.8 Å². The number of sulfonamides is 1. The second kappa shape index (κ2) is 8.06. The van der Waals surface area contributed by atoms with E-state index in [1.54, 1.807) is 24.3 Å². The van der Waals surface area contributed by atoms with Crippen molar-refractivity contribution in [3.63, 3.8) is 0 Å². The number of rotatable bonds is 5. The number of hydrogen-bond donors (Lipinski definition) is 2. The van der Waals surface area contributed by atoms with E-state index in [-0.39, 0.29) is 22.7 Å². The summed E-state index contributed by atoms with van der Waals surface area (Å²) in [5.41, 5.74) is 1.18. The molecule has 1 saturated heterocycles. The van der Waals surface area contributed by atoms with Gasteiger partial charge in [-0.25, -0.2) is 12.8 Å². The van der Waals surface area contributed by atoms with Crippen molar-refractivity contribution in [2.45, 2.75) is 30.7 Å². The predicted molar refractivity (Wildman–Crippen MR) is 103 cm³/mol. The smallest absolute Gasteiger partial charge is 0.243 e. The van der Waals surface area contributed by atoms with E-state index < -0.39 is 10.0 Å². The monoisotopic (exact) mass is 391 g/mol. The van der Waals surface area contributed by atoms with E-state index in [1.165, 1.54) is 35.5 Å².